The molecule has 4 atom stereocenters. The molecule has 0 aliphatic carbocycles. The number of hydrogen-bond acceptors (Lipinski definition) is 5. The summed E-state index contributed by atoms with van der Waals surface area (Å²) in [4.78, 5) is 52.9. The molecular formula is C24H23FN4O4. The fourth-order valence-electron chi connectivity index (χ4n) is 5.49. The minimum absolute atomic E-state index is 0.0138. The van der Waals surface area contributed by atoms with Gasteiger partial charge in [0.1, 0.15) is 11.4 Å². The highest BCUT2D eigenvalue weighted by Gasteiger charge is 2.70. The van der Waals surface area contributed by atoms with Gasteiger partial charge in [-0.3, -0.25) is 29.4 Å². The molecule has 1 spiro atoms. The Morgan fingerprint density at radius 1 is 1.09 bits per heavy atom. The van der Waals surface area contributed by atoms with Crippen molar-refractivity contribution in [2.45, 2.75) is 30.8 Å². The molecule has 3 heterocycles. The number of benzene rings is 2. The molecule has 3 aliphatic rings. The van der Waals surface area contributed by atoms with Gasteiger partial charge in [-0.2, -0.15) is 0 Å². The van der Waals surface area contributed by atoms with E-state index in [-0.39, 0.29) is 19.4 Å². The van der Waals surface area contributed by atoms with E-state index in [1.165, 1.54) is 23.1 Å². The smallest absolute Gasteiger partial charge is 0.250 e. The molecule has 0 saturated carbocycles. The second-order valence-electron chi connectivity index (χ2n) is 8.78. The van der Waals surface area contributed by atoms with Gasteiger partial charge in [-0.05, 0) is 36.6 Å². The van der Waals surface area contributed by atoms with Crippen LogP contribution in [0.2, 0.25) is 0 Å². The van der Waals surface area contributed by atoms with Gasteiger partial charge in [0.15, 0.2) is 0 Å². The second kappa shape index (κ2) is 7.77. The van der Waals surface area contributed by atoms with Gasteiger partial charge in [0.05, 0.1) is 11.8 Å². The molecule has 8 nitrogen and oxygen atoms in total. The molecule has 33 heavy (non-hydrogen) atoms. The SMILES string of the molecule is NC(=O)CCC1NC2(C(=O)Nc3ccc(F)cc32)C2C(=O)N(CCc3ccccc3)C(=O)C12. The number of carbonyl (C=O) groups is 4. The van der Waals surface area contributed by atoms with E-state index in [2.05, 4.69) is 10.6 Å². The van der Waals surface area contributed by atoms with E-state index in [4.69, 9.17) is 5.73 Å². The monoisotopic (exact) mass is 450 g/mol. The summed E-state index contributed by atoms with van der Waals surface area (Å²) in [5.74, 6) is -4.37. The molecule has 170 valence electrons. The average Bonchev–Trinajstić information content (AvgIpc) is 3.37. The Labute approximate surface area is 189 Å². The maximum absolute atomic E-state index is 14.2. The van der Waals surface area contributed by atoms with Gasteiger partial charge in [-0.1, -0.05) is 30.3 Å². The molecule has 4 N–H and O–H groups in total. The summed E-state index contributed by atoms with van der Waals surface area (Å²) in [6, 6.07) is 12.7. The number of carbonyl (C=O) groups excluding carboxylic acids is 4. The molecule has 0 aromatic heterocycles. The van der Waals surface area contributed by atoms with E-state index >= 15 is 0 Å². The number of imide groups is 1. The molecule has 4 unspecified atom stereocenters. The Morgan fingerprint density at radius 3 is 2.58 bits per heavy atom. The molecule has 2 saturated heterocycles. The van der Waals surface area contributed by atoms with Gasteiger partial charge in [-0.25, -0.2) is 4.39 Å². The maximum atomic E-state index is 14.2. The van der Waals surface area contributed by atoms with Gasteiger partial charge in [-0.15, -0.1) is 0 Å². The molecule has 3 aliphatic heterocycles. The molecule has 2 aromatic rings. The third-order valence-corrected chi connectivity index (χ3v) is 6.94. The first-order valence-corrected chi connectivity index (χ1v) is 10.9. The lowest BCUT2D eigenvalue weighted by atomic mass is 9.76. The lowest BCUT2D eigenvalue weighted by Gasteiger charge is -2.29. The lowest BCUT2D eigenvalue weighted by molar-refractivity contribution is -0.142. The molecule has 5 rings (SSSR count). The molecule has 9 heteroatoms. The molecule has 4 amide bonds. The van der Waals surface area contributed by atoms with Crippen LogP contribution in [-0.2, 0) is 31.1 Å². The van der Waals surface area contributed by atoms with Crippen LogP contribution in [0.1, 0.15) is 24.0 Å². The number of nitrogens with zero attached hydrogens (tertiary/aromatic N) is 1. The highest BCUT2D eigenvalue weighted by molar-refractivity contribution is 6.15. The van der Waals surface area contributed by atoms with Crippen LogP contribution in [-0.4, -0.2) is 41.1 Å². The van der Waals surface area contributed by atoms with Crippen LogP contribution in [0.25, 0.3) is 0 Å². The summed E-state index contributed by atoms with van der Waals surface area (Å²) in [5, 5.41) is 5.88. The van der Waals surface area contributed by atoms with Crippen molar-refractivity contribution in [3.63, 3.8) is 0 Å². The Morgan fingerprint density at radius 2 is 1.85 bits per heavy atom. The van der Waals surface area contributed by atoms with Gasteiger partial charge in [0, 0.05) is 30.3 Å². The molecule has 2 fully saturated rings. The normalized spacial score (nSPS) is 27.7. The largest absolute Gasteiger partial charge is 0.370 e. The van der Waals surface area contributed by atoms with Crippen LogP contribution in [0.15, 0.2) is 48.5 Å². The summed E-state index contributed by atoms with van der Waals surface area (Å²) in [7, 11) is 0. The van der Waals surface area contributed by atoms with E-state index in [0.29, 0.717) is 17.7 Å². The number of anilines is 1. The Kier molecular flexibility index (Phi) is 5.01. The number of rotatable bonds is 6. The van der Waals surface area contributed by atoms with Crippen molar-refractivity contribution in [2.75, 3.05) is 11.9 Å². The fourth-order valence-corrected chi connectivity index (χ4v) is 5.49. The standard InChI is InChI=1S/C24H23FN4O4/c25-14-6-7-16-15(12-14)24(23(33)27-16)20-19(17(28-24)8-9-18(26)30)21(31)29(22(20)32)11-10-13-4-2-1-3-5-13/h1-7,12,17,19-20,28H,8-11H2,(H2,26,30)(H,27,33). The third kappa shape index (κ3) is 3.22. The third-order valence-electron chi connectivity index (χ3n) is 6.94. The first kappa shape index (κ1) is 21.3. The highest BCUT2D eigenvalue weighted by atomic mass is 19.1. The average molecular weight is 450 g/mol. The summed E-state index contributed by atoms with van der Waals surface area (Å²) in [6.07, 6.45) is 0.642. The quantitative estimate of drug-likeness (QED) is 0.568. The first-order chi connectivity index (χ1) is 15.8. The predicted octanol–water partition coefficient (Wildman–Crippen LogP) is 1.05. The van der Waals surface area contributed by atoms with E-state index in [0.717, 1.165) is 5.56 Å². The van der Waals surface area contributed by atoms with Crippen molar-refractivity contribution in [3.05, 3.63) is 65.5 Å². The van der Waals surface area contributed by atoms with E-state index in [9.17, 15) is 23.6 Å². The molecule has 0 radical (unpaired) electrons. The first-order valence-electron chi connectivity index (χ1n) is 10.9. The fraction of sp³-hybridized carbons (Fsp3) is 0.333. The van der Waals surface area contributed by atoms with E-state index in [1.807, 2.05) is 30.3 Å². The number of halogens is 1. The summed E-state index contributed by atoms with van der Waals surface area (Å²) >= 11 is 0. The number of amides is 4. The van der Waals surface area contributed by atoms with Crippen LogP contribution >= 0.6 is 0 Å². The maximum Gasteiger partial charge on any atom is 0.250 e. The van der Waals surface area contributed by atoms with Crippen molar-refractivity contribution in [3.8, 4) is 0 Å². The van der Waals surface area contributed by atoms with Crippen molar-refractivity contribution in [2.24, 2.45) is 17.6 Å². The van der Waals surface area contributed by atoms with Crippen molar-refractivity contribution in [1.82, 2.24) is 10.2 Å². The van der Waals surface area contributed by atoms with Crippen LogP contribution in [0.4, 0.5) is 10.1 Å². The van der Waals surface area contributed by atoms with Gasteiger partial charge < -0.3 is 11.1 Å². The zero-order chi connectivity index (χ0) is 23.3. The number of nitrogens with one attached hydrogen (secondary N) is 2. The number of hydrogen-bond donors (Lipinski definition) is 3. The van der Waals surface area contributed by atoms with Crippen LogP contribution < -0.4 is 16.4 Å². The second-order valence-corrected chi connectivity index (χ2v) is 8.78. The summed E-state index contributed by atoms with van der Waals surface area (Å²) in [6.45, 7) is 0.172. The number of nitrogens with two attached hydrogens (primary N) is 1. The molecule has 2 aromatic carbocycles. The lowest BCUT2D eigenvalue weighted by Crippen LogP contribution is -2.53. The van der Waals surface area contributed by atoms with Gasteiger partial charge in [0.2, 0.25) is 23.6 Å². The van der Waals surface area contributed by atoms with Gasteiger partial charge >= 0.3 is 0 Å². The van der Waals surface area contributed by atoms with Crippen LogP contribution in [0, 0.1) is 17.7 Å². The Hall–Kier alpha value is -3.59. The minimum Gasteiger partial charge on any atom is -0.370 e. The zero-order valence-electron chi connectivity index (χ0n) is 17.7. The zero-order valence-corrected chi connectivity index (χ0v) is 17.7. The number of primary amides is 1. The highest BCUT2D eigenvalue weighted by Crippen LogP contribution is 2.53. The van der Waals surface area contributed by atoms with Crippen molar-refractivity contribution >= 4 is 29.3 Å². The van der Waals surface area contributed by atoms with Crippen LogP contribution in [0.5, 0.6) is 0 Å². The molecule has 0 bridgehead atoms. The van der Waals surface area contributed by atoms with Crippen molar-refractivity contribution in [1.29, 1.82) is 0 Å². The summed E-state index contributed by atoms with van der Waals surface area (Å²) in [5.41, 5.74) is 5.40. The number of likely N-dealkylation sites (tertiary alicyclic amines) is 1. The van der Waals surface area contributed by atoms with Gasteiger partial charge in [0.25, 0.3) is 0 Å². The Bertz CT molecular complexity index is 1170. The Balaban J connectivity index is 1.53. The minimum atomic E-state index is -1.58. The van der Waals surface area contributed by atoms with Crippen LogP contribution in [0.3, 0.4) is 0 Å². The van der Waals surface area contributed by atoms with Crippen molar-refractivity contribution < 1.29 is 23.6 Å². The number of fused-ring (bicyclic) bond motifs is 4. The van der Waals surface area contributed by atoms with E-state index < -0.39 is 52.9 Å². The topological polar surface area (TPSA) is 122 Å². The summed E-state index contributed by atoms with van der Waals surface area (Å²) < 4.78 is 14.2. The van der Waals surface area contributed by atoms with E-state index in [1.54, 1.807) is 0 Å². The predicted molar refractivity (Wildman–Crippen MR) is 116 cm³/mol. The molecular weight excluding hydrogens is 427 g/mol.